The Morgan fingerprint density at radius 3 is 2.29 bits per heavy atom. The third-order valence-electron chi connectivity index (χ3n) is 3.33. The summed E-state index contributed by atoms with van der Waals surface area (Å²) in [4.78, 5) is 0. The van der Waals surface area contributed by atoms with Gasteiger partial charge in [0.2, 0.25) is 0 Å². The van der Waals surface area contributed by atoms with Crippen LogP contribution in [0.3, 0.4) is 0 Å². The summed E-state index contributed by atoms with van der Waals surface area (Å²) in [6.07, 6.45) is 4.82. The van der Waals surface area contributed by atoms with E-state index >= 15 is 0 Å². The topological polar surface area (TPSA) is 53.6 Å². The highest BCUT2D eigenvalue weighted by Crippen LogP contribution is 2.33. The molecule has 2 N–H and O–H groups in total. The van der Waals surface area contributed by atoms with Crippen molar-refractivity contribution in [3.05, 3.63) is 85.1 Å². The molecule has 1 heterocycles. The van der Waals surface area contributed by atoms with Gasteiger partial charge < -0.3 is 14.5 Å². The van der Waals surface area contributed by atoms with Crippen LogP contribution in [0, 0.1) is 0 Å². The van der Waals surface area contributed by atoms with Crippen LogP contribution in [0.2, 0.25) is 0 Å². The van der Waals surface area contributed by atoms with Crippen molar-refractivity contribution in [2.24, 2.45) is 0 Å². The van der Waals surface area contributed by atoms with Gasteiger partial charge in [-0.15, -0.1) is 0 Å². The lowest BCUT2D eigenvalue weighted by molar-refractivity contribution is 0.421. The number of rotatable bonds is 6. The zero-order valence-corrected chi connectivity index (χ0v) is 14.2. The fourth-order valence-corrected chi connectivity index (χ4v) is 2.03. The molecule has 0 fully saturated rings. The van der Waals surface area contributed by atoms with Crippen molar-refractivity contribution >= 4 is 29.7 Å². The van der Waals surface area contributed by atoms with Crippen LogP contribution in [0.1, 0.15) is 25.2 Å². The molecule has 1 aromatic carbocycles. The zero-order chi connectivity index (χ0) is 18.3. The van der Waals surface area contributed by atoms with E-state index in [2.05, 4.69) is 26.3 Å². The maximum absolute atomic E-state index is 8.99. The van der Waals surface area contributed by atoms with E-state index in [1.807, 2.05) is 38.1 Å². The Morgan fingerprint density at radius 2 is 1.71 bits per heavy atom. The van der Waals surface area contributed by atoms with Gasteiger partial charge in [-0.1, -0.05) is 76.6 Å². The largest absolute Gasteiger partial charge is 0.487 e. The number of para-hydroxylation sites is 1. The Bertz CT molecular complexity index is 794. The summed E-state index contributed by atoms with van der Waals surface area (Å²) in [5.74, 6) is 0.598. The summed E-state index contributed by atoms with van der Waals surface area (Å²) in [5, 5.41) is 18.9. The van der Waals surface area contributed by atoms with Crippen molar-refractivity contribution in [2.75, 3.05) is 0 Å². The molecule has 124 valence electrons. The summed E-state index contributed by atoms with van der Waals surface area (Å²) in [7, 11) is -1.59. The van der Waals surface area contributed by atoms with Crippen LogP contribution < -0.4 is 0 Å². The summed E-state index contributed by atoms with van der Waals surface area (Å²) in [5.41, 5.74) is 2.96. The van der Waals surface area contributed by atoms with Crippen LogP contribution in [-0.2, 0) is 0 Å². The molecule has 4 heteroatoms. The van der Waals surface area contributed by atoms with E-state index in [4.69, 9.17) is 14.5 Å². The maximum atomic E-state index is 8.99. The quantitative estimate of drug-likeness (QED) is 0.593. The molecular weight excluding hydrogens is 299 g/mol. The Labute approximate surface area is 143 Å². The van der Waals surface area contributed by atoms with Gasteiger partial charge in [-0.05, 0) is 17.1 Å². The molecule has 1 aromatic heterocycles. The Balaban J connectivity index is 0.00000139. The molecule has 2 aromatic rings. The van der Waals surface area contributed by atoms with Crippen LogP contribution >= 0.6 is 0 Å². The molecule has 0 saturated carbocycles. The van der Waals surface area contributed by atoms with Gasteiger partial charge in [0.05, 0.1) is 0 Å². The van der Waals surface area contributed by atoms with Gasteiger partial charge in [0.15, 0.2) is 0 Å². The van der Waals surface area contributed by atoms with E-state index < -0.39 is 7.12 Å². The van der Waals surface area contributed by atoms with Gasteiger partial charge in [0.1, 0.15) is 11.3 Å². The van der Waals surface area contributed by atoms with E-state index in [-0.39, 0.29) is 5.47 Å². The minimum Gasteiger partial charge on any atom is -0.455 e. The molecule has 3 nitrogen and oxygen atoms in total. The molecule has 2 rings (SSSR count). The minimum atomic E-state index is -1.59. The predicted molar refractivity (Wildman–Crippen MR) is 104 cm³/mol. The first-order valence-corrected chi connectivity index (χ1v) is 7.71. The van der Waals surface area contributed by atoms with Crippen LogP contribution in [0.5, 0.6) is 0 Å². The Hall–Kier alpha value is -2.56. The van der Waals surface area contributed by atoms with Gasteiger partial charge in [0.25, 0.3) is 0 Å². The number of furan rings is 1. The first-order chi connectivity index (χ1) is 11.5. The fourth-order valence-electron chi connectivity index (χ4n) is 2.03. The van der Waals surface area contributed by atoms with E-state index in [0.717, 1.165) is 16.5 Å². The first kappa shape index (κ1) is 19.5. The standard InChI is InChI=1S/C18H17BO3.C2H6/c1-5-15-16-8-6-7-9-17(16)22-18(15)14(4)12(2)10-11-13(3)19(20)21;1-2/h5-11,20-21H,1-4H2;1-2H3/b11-10-;. The normalized spacial score (nSPS) is 10.2. The number of benzene rings is 1. The van der Waals surface area contributed by atoms with Crippen LogP contribution in [0.15, 0.2) is 78.2 Å². The Morgan fingerprint density at radius 1 is 1.08 bits per heavy atom. The third kappa shape index (κ3) is 4.25. The maximum Gasteiger partial charge on any atom is 0.487 e. The van der Waals surface area contributed by atoms with Crippen molar-refractivity contribution < 1.29 is 14.5 Å². The lowest BCUT2D eigenvalue weighted by atomic mass is 9.80. The molecule has 0 aliphatic rings. The van der Waals surface area contributed by atoms with E-state index in [9.17, 15) is 0 Å². The number of hydrogen-bond donors (Lipinski definition) is 2. The minimum absolute atomic E-state index is 0.169. The van der Waals surface area contributed by atoms with Gasteiger partial charge in [0, 0.05) is 16.5 Å². The molecule has 0 unspecified atom stereocenters. The molecule has 24 heavy (non-hydrogen) atoms. The number of fused-ring (bicyclic) bond motifs is 1. The van der Waals surface area contributed by atoms with Crippen molar-refractivity contribution in [2.45, 2.75) is 13.8 Å². The molecule has 0 saturated heterocycles. The Kier molecular flexibility index (Phi) is 7.24. The van der Waals surface area contributed by atoms with Crippen LogP contribution in [0.4, 0.5) is 0 Å². The molecule has 0 spiro atoms. The van der Waals surface area contributed by atoms with Gasteiger partial charge in [-0.25, -0.2) is 0 Å². The van der Waals surface area contributed by atoms with Gasteiger partial charge >= 0.3 is 7.12 Å². The zero-order valence-electron chi connectivity index (χ0n) is 14.2. The fraction of sp³-hybridized carbons (Fsp3) is 0.100. The summed E-state index contributed by atoms with van der Waals surface area (Å²) in [6, 6.07) is 7.65. The first-order valence-electron chi connectivity index (χ1n) is 7.71. The lowest BCUT2D eigenvalue weighted by Crippen LogP contribution is -2.12. The lowest BCUT2D eigenvalue weighted by Gasteiger charge is -2.04. The SMILES string of the molecule is C=Cc1c(C(=C)C(=C)/C=C\C(=C)B(O)O)oc2ccccc12.CC. The highest BCUT2D eigenvalue weighted by atomic mass is 16.4. The summed E-state index contributed by atoms with van der Waals surface area (Å²) >= 11 is 0. The van der Waals surface area contributed by atoms with Crippen molar-refractivity contribution in [1.82, 2.24) is 0 Å². The van der Waals surface area contributed by atoms with E-state index in [1.54, 1.807) is 12.2 Å². The monoisotopic (exact) mass is 322 g/mol. The second-order valence-corrected chi connectivity index (χ2v) is 4.83. The average Bonchev–Trinajstić information content (AvgIpc) is 2.98. The number of allylic oxidation sites excluding steroid dienone is 5. The van der Waals surface area contributed by atoms with E-state index in [0.29, 0.717) is 16.9 Å². The molecular formula is C20H23BO3. The van der Waals surface area contributed by atoms with Crippen molar-refractivity contribution in [1.29, 1.82) is 0 Å². The smallest absolute Gasteiger partial charge is 0.455 e. The average molecular weight is 322 g/mol. The molecule has 0 aliphatic carbocycles. The highest BCUT2D eigenvalue weighted by Gasteiger charge is 2.15. The summed E-state index contributed by atoms with van der Waals surface area (Å²) in [6.45, 7) is 19.3. The number of hydrogen-bond acceptors (Lipinski definition) is 3. The molecule has 0 aliphatic heterocycles. The highest BCUT2D eigenvalue weighted by molar-refractivity contribution is 6.51. The summed E-state index contributed by atoms with van der Waals surface area (Å²) < 4.78 is 5.84. The van der Waals surface area contributed by atoms with Crippen molar-refractivity contribution in [3.63, 3.8) is 0 Å². The van der Waals surface area contributed by atoms with Gasteiger partial charge in [-0.2, -0.15) is 0 Å². The van der Waals surface area contributed by atoms with Crippen LogP contribution in [-0.4, -0.2) is 17.2 Å². The second-order valence-electron chi connectivity index (χ2n) is 4.83. The molecule has 0 amide bonds. The predicted octanol–water partition coefficient (Wildman–Crippen LogP) is 4.80. The molecule has 0 radical (unpaired) electrons. The van der Waals surface area contributed by atoms with Gasteiger partial charge in [-0.3, -0.25) is 0 Å². The van der Waals surface area contributed by atoms with Crippen molar-refractivity contribution in [3.8, 4) is 0 Å². The second kappa shape index (κ2) is 8.92. The van der Waals surface area contributed by atoms with Crippen LogP contribution in [0.25, 0.3) is 22.6 Å². The molecule has 0 atom stereocenters. The van der Waals surface area contributed by atoms with E-state index in [1.165, 1.54) is 6.08 Å². The third-order valence-corrected chi connectivity index (χ3v) is 3.33. The molecule has 0 bridgehead atoms.